The number of aromatic nitrogens is 4. The Bertz CT molecular complexity index is 1190. The molecule has 1 aromatic carbocycles. The van der Waals surface area contributed by atoms with Gasteiger partial charge in [0.25, 0.3) is 0 Å². The minimum Gasteiger partial charge on any atom is -0.462 e. The first-order chi connectivity index (χ1) is 18.1. The molecule has 0 aliphatic heterocycles. The lowest BCUT2D eigenvalue weighted by molar-refractivity contribution is 0.0499. The maximum absolute atomic E-state index is 12.2. The van der Waals surface area contributed by atoms with Gasteiger partial charge in [-0.15, -0.1) is 24.8 Å². The van der Waals surface area contributed by atoms with Gasteiger partial charge in [-0.25, -0.2) is 9.78 Å². The van der Waals surface area contributed by atoms with E-state index >= 15 is 0 Å². The van der Waals surface area contributed by atoms with Gasteiger partial charge in [0.1, 0.15) is 0 Å². The molecule has 0 saturated heterocycles. The maximum atomic E-state index is 12.2. The third-order valence-corrected chi connectivity index (χ3v) is 7.63. The standard InChI is InChI=1S/C28H39N7O2.2ClH/c1-2-3-16-37-27(36)20-10-8-19(9-11-20)17-30-25-24-26(35(18-31-24)23-6-4-5-7-23)34-28(33-25)32-22-14-12-21(29)13-15-22;;/h8-11,18,21-23H,2-7,12-17,29H2,1H3,(H2,30,32,33,34);2*1H. The van der Waals surface area contributed by atoms with Crippen LogP contribution in [-0.4, -0.2) is 44.2 Å². The smallest absolute Gasteiger partial charge is 0.338 e. The van der Waals surface area contributed by atoms with Crippen molar-refractivity contribution in [3.8, 4) is 0 Å². The number of carbonyl (C=O) groups is 1. The Hall–Kier alpha value is -2.62. The Balaban J connectivity index is 0.00000210. The fourth-order valence-corrected chi connectivity index (χ4v) is 5.34. The molecule has 2 heterocycles. The zero-order valence-corrected chi connectivity index (χ0v) is 24.2. The molecule has 3 aromatic rings. The van der Waals surface area contributed by atoms with Gasteiger partial charge >= 0.3 is 5.97 Å². The van der Waals surface area contributed by atoms with E-state index in [1.165, 1.54) is 12.8 Å². The molecule has 0 radical (unpaired) electrons. The molecule has 0 spiro atoms. The van der Waals surface area contributed by atoms with E-state index in [1.54, 1.807) is 0 Å². The van der Waals surface area contributed by atoms with Crippen LogP contribution in [0.15, 0.2) is 30.6 Å². The number of halogens is 2. The molecule has 0 amide bonds. The highest BCUT2D eigenvalue weighted by Crippen LogP contribution is 2.33. The topological polar surface area (TPSA) is 120 Å². The number of rotatable bonds is 10. The fraction of sp³-hybridized carbons (Fsp3) is 0.571. The van der Waals surface area contributed by atoms with E-state index in [1.807, 2.05) is 30.6 Å². The molecule has 0 bridgehead atoms. The molecule has 2 fully saturated rings. The van der Waals surface area contributed by atoms with Crippen molar-refractivity contribution in [3.63, 3.8) is 0 Å². The normalized spacial score (nSPS) is 19.2. The Morgan fingerprint density at radius 2 is 1.77 bits per heavy atom. The van der Waals surface area contributed by atoms with Crippen LogP contribution in [0.4, 0.5) is 11.8 Å². The summed E-state index contributed by atoms with van der Waals surface area (Å²) in [5.41, 5.74) is 9.39. The largest absolute Gasteiger partial charge is 0.462 e. The molecule has 9 nitrogen and oxygen atoms in total. The average Bonchev–Trinajstić information content (AvgIpc) is 3.59. The van der Waals surface area contributed by atoms with Crippen molar-refractivity contribution < 1.29 is 9.53 Å². The highest BCUT2D eigenvalue weighted by molar-refractivity contribution is 5.89. The number of fused-ring (bicyclic) bond motifs is 1. The highest BCUT2D eigenvalue weighted by Gasteiger charge is 2.24. The monoisotopic (exact) mass is 577 g/mol. The molecule has 2 saturated carbocycles. The zero-order chi connectivity index (χ0) is 25.6. The molecule has 214 valence electrons. The summed E-state index contributed by atoms with van der Waals surface area (Å²) in [7, 11) is 0. The molecule has 4 N–H and O–H groups in total. The van der Waals surface area contributed by atoms with E-state index in [4.69, 9.17) is 25.4 Å². The summed E-state index contributed by atoms with van der Waals surface area (Å²) in [6.45, 7) is 3.09. The number of ether oxygens (including phenoxy) is 1. The van der Waals surface area contributed by atoms with Crippen molar-refractivity contribution in [2.24, 2.45) is 5.73 Å². The molecule has 2 aliphatic carbocycles. The number of esters is 1. The first-order valence-corrected chi connectivity index (χ1v) is 13.9. The van der Waals surface area contributed by atoms with E-state index in [2.05, 4.69) is 22.1 Å². The molecular formula is C28H41Cl2N7O2. The van der Waals surface area contributed by atoms with Crippen LogP contribution in [0.5, 0.6) is 0 Å². The van der Waals surface area contributed by atoms with Crippen molar-refractivity contribution in [1.82, 2.24) is 19.5 Å². The summed E-state index contributed by atoms with van der Waals surface area (Å²) in [5.74, 6) is 1.09. The van der Waals surface area contributed by atoms with Gasteiger partial charge in [0, 0.05) is 24.7 Å². The van der Waals surface area contributed by atoms with Crippen LogP contribution in [0.2, 0.25) is 0 Å². The second-order valence-corrected chi connectivity index (χ2v) is 10.5. The molecule has 11 heteroatoms. The molecule has 5 rings (SSSR count). The number of benzene rings is 1. The van der Waals surface area contributed by atoms with Crippen molar-refractivity contribution in [2.75, 3.05) is 17.2 Å². The minimum absolute atomic E-state index is 0. The van der Waals surface area contributed by atoms with Crippen LogP contribution in [0.25, 0.3) is 11.2 Å². The van der Waals surface area contributed by atoms with E-state index in [0.717, 1.165) is 73.9 Å². The zero-order valence-electron chi connectivity index (χ0n) is 22.6. The molecule has 0 atom stereocenters. The van der Waals surface area contributed by atoms with Gasteiger partial charge in [-0.2, -0.15) is 9.97 Å². The molecular weight excluding hydrogens is 537 g/mol. The number of anilines is 2. The SMILES string of the molecule is CCCCOC(=O)c1ccc(CNc2nc(NC3CCC(N)CC3)nc3c2ncn3C2CCCC2)cc1.Cl.Cl. The summed E-state index contributed by atoms with van der Waals surface area (Å²) < 4.78 is 7.55. The molecule has 39 heavy (non-hydrogen) atoms. The van der Waals surface area contributed by atoms with Gasteiger partial charge in [-0.1, -0.05) is 38.3 Å². The number of imidazole rings is 1. The Morgan fingerprint density at radius 3 is 2.46 bits per heavy atom. The average molecular weight is 579 g/mol. The molecule has 2 aromatic heterocycles. The fourth-order valence-electron chi connectivity index (χ4n) is 5.34. The quantitative estimate of drug-likeness (QED) is 0.197. The lowest BCUT2D eigenvalue weighted by Gasteiger charge is -2.27. The first kappa shape index (κ1) is 30.9. The van der Waals surface area contributed by atoms with Crippen molar-refractivity contribution in [2.45, 2.75) is 95.8 Å². The van der Waals surface area contributed by atoms with E-state index < -0.39 is 0 Å². The Kier molecular flexibility index (Phi) is 11.6. The van der Waals surface area contributed by atoms with E-state index in [9.17, 15) is 4.79 Å². The number of hydrogen-bond donors (Lipinski definition) is 3. The lowest BCUT2D eigenvalue weighted by atomic mass is 9.92. The van der Waals surface area contributed by atoms with Gasteiger partial charge in [-0.05, 0) is 62.6 Å². The summed E-state index contributed by atoms with van der Waals surface area (Å²) in [6.07, 6.45) is 12.7. The molecule has 0 unspecified atom stereocenters. The summed E-state index contributed by atoms with van der Waals surface area (Å²) in [6, 6.07) is 8.60. The number of nitrogens with two attached hydrogens (primary N) is 1. The summed E-state index contributed by atoms with van der Waals surface area (Å²) in [4.78, 5) is 26.7. The lowest BCUT2D eigenvalue weighted by Crippen LogP contribution is -2.33. The van der Waals surface area contributed by atoms with Gasteiger partial charge in [0.15, 0.2) is 17.0 Å². The van der Waals surface area contributed by atoms with Crippen LogP contribution in [-0.2, 0) is 11.3 Å². The second-order valence-electron chi connectivity index (χ2n) is 10.5. The number of hydrogen-bond acceptors (Lipinski definition) is 8. The minimum atomic E-state index is -0.276. The Labute approximate surface area is 242 Å². The van der Waals surface area contributed by atoms with Crippen LogP contribution >= 0.6 is 24.8 Å². The maximum Gasteiger partial charge on any atom is 0.338 e. The predicted octanol–water partition coefficient (Wildman–Crippen LogP) is 6.04. The number of nitrogens with one attached hydrogen (secondary N) is 2. The third kappa shape index (κ3) is 7.74. The Morgan fingerprint density at radius 1 is 1.05 bits per heavy atom. The van der Waals surface area contributed by atoms with Crippen LogP contribution in [0.3, 0.4) is 0 Å². The van der Waals surface area contributed by atoms with Crippen LogP contribution in [0.1, 0.15) is 93.1 Å². The van der Waals surface area contributed by atoms with Crippen molar-refractivity contribution in [1.29, 1.82) is 0 Å². The predicted molar refractivity (Wildman–Crippen MR) is 160 cm³/mol. The summed E-state index contributed by atoms with van der Waals surface area (Å²) >= 11 is 0. The van der Waals surface area contributed by atoms with Crippen molar-refractivity contribution >= 4 is 53.7 Å². The van der Waals surface area contributed by atoms with Crippen LogP contribution < -0.4 is 16.4 Å². The molecule has 2 aliphatic rings. The third-order valence-electron chi connectivity index (χ3n) is 7.63. The van der Waals surface area contributed by atoms with Gasteiger partial charge < -0.3 is 25.7 Å². The first-order valence-electron chi connectivity index (χ1n) is 13.9. The van der Waals surface area contributed by atoms with Gasteiger partial charge in [0.2, 0.25) is 5.95 Å². The van der Waals surface area contributed by atoms with E-state index in [0.29, 0.717) is 42.8 Å². The number of nitrogens with zero attached hydrogens (tertiary/aromatic N) is 4. The number of carbonyl (C=O) groups excluding carboxylic acids is 1. The number of unbranched alkanes of at least 4 members (excludes halogenated alkanes) is 1. The van der Waals surface area contributed by atoms with E-state index in [-0.39, 0.29) is 30.8 Å². The highest BCUT2D eigenvalue weighted by atomic mass is 35.5. The second kappa shape index (κ2) is 14.7. The van der Waals surface area contributed by atoms with Gasteiger partial charge in [-0.3, -0.25) is 0 Å². The van der Waals surface area contributed by atoms with Crippen molar-refractivity contribution in [3.05, 3.63) is 41.7 Å². The van der Waals surface area contributed by atoms with Gasteiger partial charge in [0.05, 0.1) is 18.5 Å². The van der Waals surface area contributed by atoms with Crippen LogP contribution in [0, 0.1) is 0 Å². The summed E-state index contributed by atoms with van der Waals surface area (Å²) in [5, 5.41) is 7.05.